The predicted molar refractivity (Wildman–Crippen MR) is 121 cm³/mol. The maximum atomic E-state index is 12.3. The fourth-order valence-electron chi connectivity index (χ4n) is 2.53. The lowest BCUT2D eigenvalue weighted by molar-refractivity contribution is -0.119. The van der Waals surface area contributed by atoms with E-state index in [0.717, 1.165) is 10.6 Å². The number of nitrogens with one attached hydrogen (secondary N) is 1. The smallest absolute Gasteiger partial charge is 0.260 e. The standard InChI is InChI=1S/C20H24BrN3O5S/c1-4-28-18-11-10-15(12-19(18)29-5-2)13-22-23-20(25)14-24(30(3,26)27)17-9-7-6-8-16(17)21/h6-13H,4-5,14H2,1-3H3,(H,23,25)/b22-13-. The molecule has 1 N–H and O–H groups in total. The maximum absolute atomic E-state index is 12.3. The lowest BCUT2D eigenvalue weighted by atomic mass is 10.2. The van der Waals surface area contributed by atoms with Crippen LogP contribution in [0.1, 0.15) is 19.4 Å². The highest BCUT2D eigenvalue weighted by molar-refractivity contribution is 9.10. The summed E-state index contributed by atoms with van der Waals surface area (Å²) in [4.78, 5) is 12.3. The molecule has 0 saturated heterocycles. The van der Waals surface area contributed by atoms with Crippen molar-refractivity contribution in [3.8, 4) is 11.5 Å². The van der Waals surface area contributed by atoms with Crippen molar-refractivity contribution in [3.63, 3.8) is 0 Å². The maximum Gasteiger partial charge on any atom is 0.260 e. The van der Waals surface area contributed by atoms with E-state index in [2.05, 4.69) is 26.5 Å². The Bertz CT molecular complexity index is 1010. The predicted octanol–water partition coefficient (Wildman–Crippen LogP) is 3.16. The number of carbonyl (C=O) groups is 1. The minimum absolute atomic E-state index is 0.368. The highest BCUT2D eigenvalue weighted by Gasteiger charge is 2.22. The van der Waals surface area contributed by atoms with Crippen LogP contribution in [-0.2, 0) is 14.8 Å². The van der Waals surface area contributed by atoms with Gasteiger partial charge in [-0.1, -0.05) is 12.1 Å². The number of halogens is 1. The van der Waals surface area contributed by atoms with Gasteiger partial charge < -0.3 is 9.47 Å². The van der Waals surface area contributed by atoms with Gasteiger partial charge >= 0.3 is 0 Å². The molecule has 0 spiro atoms. The van der Waals surface area contributed by atoms with E-state index >= 15 is 0 Å². The van der Waals surface area contributed by atoms with Crippen molar-refractivity contribution in [1.29, 1.82) is 0 Å². The van der Waals surface area contributed by atoms with Crippen molar-refractivity contribution in [2.75, 3.05) is 30.3 Å². The minimum atomic E-state index is -3.67. The van der Waals surface area contributed by atoms with Gasteiger partial charge in [0.05, 0.1) is 31.4 Å². The molecule has 0 fully saturated rings. The molecule has 0 heterocycles. The Balaban J connectivity index is 2.09. The third-order valence-electron chi connectivity index (χ3n) is 3.78. The summed E-state index contributed by atoms with van der Waals surface area (Å²) < 4.78 is 37.0. The SMILES string of the molecule is CCOc1ccc(/C=N\NC(=O)CN(c2ccccc2Br)S(C)(=O)=O)cc1OCC. The minimum Gasteiger partial charge on any atom is -0.490 e. The molecule has 1 amide bonds. The molecule has 0 saturated carbocycles. The highest BCUT2D eigenvalue weighted by Crippen LogP contribution is 2.28. The first kappa shape index (κ1) is 23.7. The number of para-hydroxylation sites is 1. The van der Waals surface area contributed by atoms with E-state index < -0.39 is 22.5 Å². The zero-order chi connectivity index (χ0) is 22.1. The summed E-state index contributed by atoms with van der Waals surface area (Å²) in [5.74, 6) is 0.618. The van der Waals surface area contributed by atoms with Crippen LogP contribution in [0.4, 0.5) is 5.69 Å². The average Bonchev–Trinajstić information content (AvgIpc) is 2.68. The fourth-order valence-corrected chi connectivity index (χ4v) is 4.01. The summed E-state index contributed by atoms with van der Waals surface area (Å²) in [6.45, 7) is 4.34. The van der Waals surface area contributed by atoms with Gasteiger partial charge in [-0.3, -0.25) is 9.10 Å². The van der Waals surface area contributed by atoms with Gasteiger partial charge in [-0.15, -0.1) is 0 Å². The number of carbonyl (C=O) groups excluding carboxylic acids is 1. The molecular weight excluding hydrogens is 474 g/mol. The van der Waals surface area contributed by atoms with Crippen LogP contribution in [0.2, 0.25) is 0 Å². The van der Waals surface area contributed by atoms with Crippen molar-refractivity contribution in [2.45, 2.75) is 13.8 Å². The number of benzene rings is 2. The summed E-state index contributed by atoms with van der Waals surface area (Å²) >= 11 is 3.31. The topological polar surface area (TPSA) is 97.3 Å². The number of nitrogens with zero attached hydrogens (tertiary/aromatic N) is 2. The van der Waals surface area contributed by atoms with Crippen LogP contribution in [0.25, 0.3) is 0 Å². The molecule has 0 aliphatic heterocycles. The van der Waals surface area contributed by atoms with Crippen LogP contribution < -0.4 is 19.2 Å². The van der Waals surface area contributed by atoms with Crippen molar-refractivity contribution < 1.29 is 22.7 Å². The second-order valence-electron chi connectivity index (χ2n) is 6.09. The monoisotopic (exact) mass is 497 g/mol. The first-order chi connectivity index (χ1) is 14.3. The van der Waals surface area contributed by atoms with E-state index in [1.807, 2.05) is 13.8 Å². The van der Waals surface area contributed by atoms with Gasteiger partial charge in [0.2, 0.25) is 10.0 Å². The first-order valence-electron chi connectivity index (χ1n) is 9.20. The van der Waals surface area contributed by atoms with E-state index in [1.54, 1.807) is 42.5 Å². The quantitative estimate of drug-likeness (QED) is 0.401. The number of hydrogen-bond donors (Lipinski definition) is 1. The third-order valence-corrected chi connectivity index (χ3v) is 5.58. The van der Waals surface area contributed by atoms with Crippen molar-refractivity contribution >= 4 is 43.8 Å². The van der Waals surface area contributed by atoms with Gasteiger partial charge in [-0.2, -0.15) is 5.10 Å². The van der Waals surface area contributed by atoms with Gasteiger partial charge in [0, 0.05) is 4.47 Å². The highest BCUT2D eigenvalue weighted by atomic mass is 79.9. The zero-order valence-electron chi connectivity index (χ0n) is 17.0. The average molecular weight is 498 g/mol. The van der Waals surface area contributed by atoms with E-state index in [-0.39, 0.29) is 0 Å². The van der Waals surface area contributed by atoms with Crippen LogP contribution in [-0.4, -0.2) is 46.6 Å². The van der Waals surface area contributed by atoms with Crippen LogP contribution in [0, 0.1) is 0 Å². The molecule has 10 heteroatoms. The molecule has 8 nitrogen and oxygen atoms in total. The second kappa shape index (κ2) is 11.0. The molecule has 0 aliphatic carbocycles. The Morgan fingerprint density at radius 1 is 1.13 bits per heavy atom. The number of hydrogen-bond acceptors (Lipinski definition) is 6. The Hall–Kier alpha value is -2.59. The molecule has 2 aromatic rings. The van der Waals surface area contributed by atoms with E-state index in [0.29, 0.717) is 40.4 Å². The van der Waals surface area contributed by atoms with Gasteiger partial charge in [-0.25, -0.2) is 13.8 Å². The molecule has 2 aromatic carbocycles. The molecule has 2 rings (SSSR count). The second-order valence-corrected chi connectivity index (χ2v) is 8.85. The zero-order valence-corrected chi connectivity index (χ0v) is 19.4. The van der Waals surface area contributed by atoms with Crippen LogP contribution in [0.15, 0.2) is 52.0 Å². The summed E-state index contributed by atoms with van der Waals surface area (Å²) in [6.07, 6.45) is 2.48. The summed E-state index contributed by atoms with van der Waals surface area (Å²) in [5.41, 5.74) is 3.41. The lowest BCUT2D eigenvalue weighted by Gasteiger charge is -2.22. The molecule has 0 aliphatic rings. The number of hydrazone groups is 1. The number of sulfonamides is 1. The van der Waals surface area contributed by atoms with Gasteiger partial charge in [0.15, 0.2) is 11.5 Å². The molecule has 0 radical (unpaired) electrons. The Morgan fingerprint density at radius 2 is 1.80 bits per heavy atom. The van der Waals surface area contributed by atoms with Crippen molar-refractivity contribution in [2.24, 2.45) is 5.10 Å². The van der Waals surface area contributed by atoms with Gasteiger partial charge in [0.1, 0.15) is 6.54 Å². The summed E-state index contributed by atoms with van der Waals surface area (Å²) in [7, 11) is -3.67. The summed E-state index contributed by atoms with van der Waals surface area (Å²) in [5, 5.41) is 3.92. The van der Waals surface area contributed by atoms with Gasteiger partial charge in [-0.05, 0) is 65.7 Å². The van der Waals surface area contributed by atoms with E-state index in [4.69, 9.17) is 9.47 Å². The number of ether oxygens (including phenoxy) is 2. The van der Waals surface area contributed by atoms with Crippen LogP contribution in [0.3, 0.4) is 0 Å². The van der Waals surface area contributed by atoms with Gasteiger partial charge in [0.25, 0.3) is 5.91 Å². The Labute approximate surface area is 185 Å². The first-order valence-corrected chi connectivity index (χ1v) is 11.8. The summed E-state index contributed by atoms with van der Waals surface area (Å²) in [6, 6.07) is 12.0. The van der Waals surface area contributed by atoms with Crippen molar-refractivity contribution in [3.05, 3.63) is 52.5 Å². The molecule has 162 valence electrons. The Morgan fingerprint density at radius 3 is 2.43 bits per heavy atom. The Kier molecular flexibility index (Phi) is 8.67. The number of anilines is 1. The number of rotatable bonds is 10. The normalized spacial score (nSPS) is 11.3. The largest absolute Gasteiger partial charge is 0.490 e. The van der Waals surface area contributed by atoms with Crippen LogP contribution in [0.5, 0.6) is 11.5 Å². The molecule has 0 bridgehead atoms. The van der Waals surface area contributed by atoms with Crippen molar-refractivity contribution in [1.82, 2.24) is 5.43 Å². The molecule has 0 unspecified atom stereocenters. The molecule has 0 aromatic heterocycles. The third kappa shape index (κ3) is 6.74. The molecule has 0 atom stereocenters. The van der Waals surface area contributed by atoms with Crippen LogP contribution >= 0.6 is 15.9 Å². The molecule has 30 heavy (non-hydrogen) atoms. The lowest BCUT2D eigenvalue weighted by Crippen LogP contribution is -2.39. The number of amides is 1. The molecular formula is C20H24BrN3O5S. The van der Waals surface area contributed by atoms with E-state index in [1.165, 1.54) is 6.21 Å². The van der Waals surface area contributed by atoms with E-state index in [9.17, 15) is 13.2 Å². The fraction of sp³-hybridized carbons (Fsp3) is 0.300.